The first kappa shape index (κ1) is 12.5. The van der Waals surface area contributed by atoms with Crippen LogP contribution in [0, 0.1) is 0 Å². The summed E-state index contributed by atoms with van der Waals surface area (Å²) < 4.78 is 7.73. The molecule has 1 aromatic rings. The van der Waals surface area contributed by atoms with Crippen molar-refractivity contribution in [1.29, 1.82) is 0 Å². The van der Waals surface area contributed by atoms with Crippen LogP contribution in [0.3, 0.4) is 0 Å². The van der Waals surface area contributed by atoms with Crippen molar-refractivity contribution >= 4 is 12.4 Å². The minimum Gasteiger partial charge on any atom is -0.370 e. The molecule has 5 heteroatoms. The molecule has 0 aromatic carbocycles. The van der Waals surface area contributed by atoms with E-state index in [1.807, 2.05) is 19.4 Å². The van der Waals surface area contributed by atoms with Crippen LogP contribution in [-0.2, 0) is 17.4 Å². The lowest BCUT2D eigenvalue weighted by Crippen LogP contribution is -2.42. The number of nitrogens with one attached hydrogen (secondary N) is 1. The summed E-state index contributed by atoms with van der Waals surface area (Å²) in [5.41, 5.74) is -0.177. The van der Waals surface area contributed by atoms with Gasteiger partial charge in [-0.15, -0.1) is 12.4 Å². The smallest absolute Gasteiger partial charge is 0.140 e. The fraction of sp³-hybridized carbons (Fsp3) is 0.700. The van der Waals surface area contributed by atoms with E-state index >= 15 is 0 Å². The molecule has 1 aliphatic rings. The summed E-state index contributed by atoms with van der Waals surface area (Å²) in [4.78, 5) is 4.39. The Morgan fingerprint density at radius 3 is 2.60 bits per heavy atom. The fourth-order valence-corrected chi connectivity index (χ4v) is 2.15. The Kier molecular flexibility index (Phi) is 4.13. The topological polar surface area (TPSA) is 39.1 Å². The number of aromatic nitrogens is 2. The van der Waals surface area contributed by atoms with E-state index in [2.05, 4.69) is 14.9 Å². The third kappa shape index (κ3) is 2.17. The van der Waals surface area contributed by atoms with E-state index in [0.29, 0.717) is 0 Å². The molecule has 1 aromatic heterocycles. The average Bonchev–Trinajstić information content (AvgIpc) is 2.66. The lowest BCUT2D eigenvalue weighted by atomic mass is 9.91. The van der Waals surface area contributed by atoms with E-state index in [1.54, 1.807) is 7.11 Å². The van der Waals surface area contributed by atoms with E-state index in [0.717, 1.165) is 31.8 Å². The maximum absolute atomic E-state index is 5.68. The van der Waals surface area contributed by atoms with Crippen LogP contribution in [0.5, 0.6) is 0 Å². The number of hydrogen-bond donors (Lipinski definition) is 1. The summed E-state index contributed by atoms with van der Waals surface area (Å²) in [6.07, 6.45) is 5.79. The standard InChI is InChI=1S/C10H17N3O.ClH/c1-13-8-7-12-9(13)10(14-2)3-5-11-6-4-10;/h7-8,11H,3-6H2,1-2H3;1H. The van der Waals surface area contributed by atoms with E-state index in [1.165, 1.54) is 0 Å². The lowest BCUT2D eigenvalue weighted by molar-refractivity contribution is -0.0480. The third-order valence-corrected chi connectivity index (χ3v) is 3.03. The van der Waals surface area contributed by atoms with Crippen molar-refractivity contribution in [3.8, 4) is 0 Å². The van der Waals surface area contributed by atoms with Gasteiger partial charge in [-0.1, -0.05) is 0 Å². The molecule has 0 amide bonds. The molecule has 0 radical (unpaired) electrons. The Morgan fingerprint density at radius 2 is 2.13 bits per heavy atom. The molecular weight excluding hydrogens is 214 g/mol. The van der Waals surface area contributed by atoms with Crippen molar-refractivity contribution in [2.45, 2.75) is 18.4 Å². The summed E-state index contributed by atoms with van der Waals surface area (Å²) in [5, 5.41) is 3.34. The first-order valence-corrected chi connectivity index (χ1v) is 5.02. The highest BCUT2D eigenvalue weighted by molar-refractivity contribution is 5.85. The SMILES string of the molecule is COC1(c2nccn2C)CCNCC1.Cl. The molecule has 0 bridgehead atoms. The van der Waals surface area contributed by atoms with Crippen molar-refractivity contribution in [1.82, 2.24) is 14.9 Å². The molecule has 1 aliphatic heterocycles. The van der Waals surface area contributed by atoms with Crippen LogP contribution in [0.4, 0.5) is 0 Å². The largest absolute Gasteiger partial charge is 0.370 e. The average molecular weight is 232 g/mol. The molecular formula is C10H18ClN3O. The lowest BCUT2D eigenvalue weighted by Gasteiger charge is -2.35. The van der Waals surface area contributed by atoms with Gasteiger partial charge in [0.25, 0.3) is 0 Å². The van der Waals surface area contributed by atoms with Gasteiger partial charge in [0.05, 0.1) is 0 Å². The molecule has 1 fully saturated rings. The second-order valence-electron chi connectivity index (χ2n) is 3.81. The van der Waals surface area contributed by atoms with E-state index < -0.39 is 0 Å². The molecule has 0 unspecified atom stereocenters. The van der Waals surface area contributed by atoms with Crippen molar-refractivity contribution in [3.05, 3.63) is 18.2 Å². The van der Waals surface area contributed by atoms with Gasteiger partial charge in [0.1, 0.15) is 11.4 Å². The van der Waals surface area contributed by atoms with Gasteiger partial charge < -0.3 is 14.6 Å². The second kappa shape index (κ2) is 4.96. The zero-order valence-corrected chi connectivity index (χ0v) is 10.0. The van der Waals surface area contributed by atoms with E-state index in [-0.39, 0.29) is 18.0 Å². The summed E-state index contributed by atoms with van der Waals surface area (Å²) >= 11 is 0. The van der Waals surface area contributed by atoms with E-state index in [4.69, 9.17) is 4.74 Å². The van der Waals surface area contributed by atoms with Crippen molar-refractivity contribution in [2.75, 3.05) is 20.2 Å². The summed E-state index contributed by atoms with van der Waals surface area (Å²) in [6.45, 7) is 2.00. The minimum atomic E-state index is -0.177. The second-order valence-corrected chi connectivity index (χ2v) is 3.81. The first-order chi connectivity index (χ1) is 6.78. The minimum absolute atomic E-state index is 0. The molecule has 2 heterocycles. The van der Waals surface area contributed by atoms with Crippen molar-refractivity contribution in [3.63, 3.8) is 0 Å². The number of ether oxygens (including phenoxy) is 1. The quantitative estimate of drug-likeness (QED) is 0.828. The highest BCUT2D eigenvalue weighted by Gasteiger charge is 2.37. The molecule has 86 valence electrons. The van der Waals surface area contributed by atoms with Crippen LogP contribution in [0.2, 0.25) is 0 Å². The van der Waals surface area contributed by atoms with Gasteiger partial charge in [0.15, 0.2) is 0 Å². The maximum atomic E-state index is 5.68. The normalized spacial score (nSPS) is 19.6. The molecule has 0 saturated carbocycles. The Balaban J connectivity index is 0.00000112. The number of piperidine rings is 1. The summed E-state index contributed by atoms with van der Waals surface area (Å²) in [7, 11) is 3.80. The van der Waals surface area contributed by atoms with Gasteiger partial charge in [-0.2, -0.15) is 0 Å². The predicted octanol–water partition coefficient (Wildman–Crippen LogP) is 1.07. The molecule has 2 rings (SSSR count). The van der Waals surface area contributed by atoms with Crippen LogP contribution in [0.15, 0.2) is 12.4 Å². The molecule has 4 nitrogen and oxygen atoms in total. The van der Waals surface area contributed by atoms with Crippen LogP contribution in [0.1, 0.15) is 18.7 Å². The van der Waals surface area contributed by atoms with Crippen LogP contribution in [-0.4, -0.2) is 29.8 Å². The highest BCUT2D eigenvalue weighted by atomic mass is 35.5. The third-order valence-electron chi connectivity index (χ3n) is 3.03. The number of hydrogen-bond acceptors (Lipinski definition) is 3. The molecule has 15 heavy (non-hydrogen) atoms. The Bertz CT molecular complexity index is 307. The molecule has 1 saturated heterocycles. The number of imidazole rings is 1. The van der Waals surface area contributed by atoms with Crippen LogP contribution >= 0.6 is 12.4 Å². The van der Waals surface area contributed by atoms with Gasteiger partial charge in [0.2, 0.25) is 0 Å². The molecule has 0 spiro atoms. The predicted molar refractivity (Wildman–Crippen MR) is 61.2 cm³/mol. The Hall–Kier alpha value is -0.580. The zero-order valence-electron chi connectivity index (χ0n) is 9.19. The number of aryl methyl sites for hydroxylation is 1. The number of methoxy groups -OCH3 is 1. The van der Waals surface area contributed by atoms with Gasteiger partial charge in [-0.25, -0.2) is 4.98 Å². The van der Waals surface area contributed by atoms with Gasteiger partial charge >= 0.3 is 0 Å². The summed E-state index contributed by atoms with van der Waals surface area (Å²) in [6, 6.07) is 0. The Morgan fingerprint density at radius 1 is 1.47 bits per heavy atom. The number of halogens is 1. The maximum Gasteiger partial charge on any atom is 0.140 e. The summed E-state index contributed by atoms with van der Waals surface area (Å²) in [5.74, 6) is 1.04. The Labute approximate surface area is 96.4 Å². The first-order valence-electron chi connectivity index (χ1n) is 5.02. The van der Waals surface area contributed by atoms with E-state index in [9.17, 15) is 0 Å². The van der Waals surface area contributed by atoms with Crippen LogP contribution < -0.4 is 5.32 Å². The number of rotatable bonds is 2. The van der Waals surface area contributed by atoms with Gasteiger partial charge in [0, 0.05) is 26.6 Å². The monoisotopic (exact) mass is 231 g/mol. The van der Waals surface area contributed by atoms with Gasteiger partial charge in [-0.3, -0.25) is 0 Å². The van der Waals surface area contributed by atoms with Crippen LogP contribution in [0.25, 0.3) is 0 Å². The van der Waals surface area contributed by atoms with Crippen molar-refractivity contribution < 1.29 is 4.74 Å². The molecule has 0 atom stereocenters. The van der Waals surface area contributed by atoms with Crippen molar-refractivity contribution in [2.24, 2.45) is 7.05 Å². The highest BCUT2D eigenvalue weighted by Crippen LogP contribution is 2.32. The fourth-order valence-electron chi connectivity index (χ4n) is 2.15. The van der Waals surface area contributed by atoms with Gasteiger partial charge in [-0.05, 0) is 25.9 Å². The molecule has 0 aliphatic carbocycles. The zero-order chi connectivity index (χ0) is 10.0. The molecule has 1 N–H and O–H groups in total. The number of nitrogens with zero attached hydrogens (tertiary/aromatic N) is 2.